The molecule has 1 saturated heterocycles. The summed E-state index contributed by atoms with van der Waals surface area (Å²) in [5.41, 5.74) is 0.257. The van der Waals surface area contributed by atoms with Gasteiger partial charge in [0.1, 0.15) is 5.82 Å². The van der Waals surface area contributed by atoms with Gasteiger partial charge in [0.05, 0.1) is 4.91 Å². The lowest BCUT2D eigenvalue weighted by atomic mass is 10.2. The van der Waals surface area contributed by atoms with Crippen molar-refractivity contribution in [2.24, 2.45) is 0 Å². The molecular weight excluding hydrogens is 399 g/mol. The average Bonchev–Trinajstić information content (AvgIpc) is 3.27. The monoisotopic (exact) mass is 418 g/mol. The number of thiophene rings is 1. The van der Waals surface area contributed by atoms with Crippen molar-refractivity contribution in [3.8, 4) is 0 Å². The summed E-state index contributed by atoms with van der Waals surface area (Å²) in [4.78, 5) is 38.9. The number of rotatable bonds is 8. The summed E-state index contributed by atoms with van der Waals surface area (Å²) in [6.07, 6.45) is 3.38. The van der Waals surface area contributed by atoms with E-state index in [1.165, 1.54) is 17.0 Å². The van der Waals surface area contributed by atoms with Gasteiger partial charge >= 0.3 is 0 Å². The molecule has 0 spiro atoms. The minimum absolute atomic E-state index is 0.0932. The number of nitrogens with zero attached hydrogens (tertiary/aromatic N) is 1. The van der Waals surface area contributed by atoms with Gasteiger partial charge in [-0.2, -0.15) is 0 Å². The first-order valence-electron chi connectivity index (χ1n) is 8.83. The fraction of sp³-hybridized carbons (Fsp3) is 0.250. The van der Waals surface area contributed by atoms with Crippen molar-refractivity contribution in [2.45, 2.75) is 19.3 Å². The zero-order valence-electron chi connectivity index (χ0n) is 15.0. The van der Waals surface area contributed by atoms with Crippen LogP contribution in [0.4, 0.5) is 9.18 Å². The van der Waals surface area contributed by atoms with Crippen LogP contribution >= 0.6 is 23.1 Å². The molecule has 1 N–H and O–H groups in total. The highest BCUT2D eigenvalue weighted by molar-refractivity contribution is 8.18. The molecular formula is C20H19FN2O3S2. The Bertz CT molecular complexity index is 897. The number of aryl methyl sites for hydroxylation is 1. The van der Waals surface area contributed by atoms with Crippen LogP contribution in [0.2, 0.25) is 0 Å². The van der Waals surface area contributed by atoms with Crippen LogP contribution in [0.1, 0.15) is 23.3 Å². The lowest BCUT2D eigenvalue weighted by Crippen LogP contribution is -2.37. The zero-order valence-corrected chi connectivity index (χ0v) is 16.7. The minimum atomic E-state index is -0.467. The molecule has 0 atom stereocenters. The molecule has 8 heteroatoms. The Hall–Kier alpha value is -2.45. The fourth-order valence-corrected chi connectivity index (χ4v) is 4.31. The molecule has 2 aromatic rings. The van der Waals surface area contributed by atoms with E-state index >= 15 is 0 Å². The number of hydrogen-bond donors (Lipinski definition) is 1. The second kappa shape index (κ2) is 9.66. The molecule has 28 heavy (non-hydrogen) atoms. The number of thioether (sulfide) groups is 1. The summed E-state index contributed by atoms with van der Waals surface area (Å²) >= 11 is 2.44. The van der Waals surface area contributed by atoms with Crippen molar-refractivity contribution < 1.29 is 18.8 Å². The number of carbonyl (C=O) groups excluding carboxylic acids is 3. The molecule has 0 radical (unpaired) electrons. The topological polar surface area (TPSA) is 66.5 Å². The summed E-state index contributed by atoms with van der Waals surface area (Å²) < 4.78 is 13.7. The highest BCUT2D eigenvalue weighted by Crippen LogP contribution is 2.32. The number of halogens is 1. The van der Waals surface area contributed by atoms with Crippen LogP contribution in [-0.2, 0) is 16.0 Å². The van der Waals surface area contributed by atoms with Gasteiger partial charge in [-0.3, -0.25) is 19.3 Å². The van der Waals surface area contributed by atoms with Crippen molar-refractivity contribution in [1.29, 1.82) is 0 Å². The number of hydrogen-bond acceptors (Lipinski definition) is 5. The molecule has 146 valence electrons. The number of nitrogens with one attached hydrogen (secondary N) is 1. The van der Waals surface area contributed by atoms with E-state index in [9.17, 15) is 18.8 Å². The van der Waals surface area contributed by atoms with Crippen LogP contribution in [-0.4, -0.2) is 35.0 Å². The van der Waals surface area contributed by atoms with Crippen molar-refractivity contribution >= 4 is 46.2 Å². The van der Waals surface area contributed by atoms with Crippen LogP contribution in [0.5, 0.6) is 0 Å². The van der Waals surface area contributed by atoms with Gasteiger partial charge in [0.25, 0.3) is 11.1 Å². The molecule has 0 saturated carbocycles. The smallest absolute Gasteiger partial charge is 0.293 e. The first-order chi connectivity index (χ1) is 13.5. The third kappa shape index (κ3) is 5.30. The third-order valence-electron chi connectivity index (χ3n) is 4.13. The van der Waals surface area contributed by atoms with E-state index in [0.29, 0.717) is 6.42 Å². The van der Waals surface area contributed by atoms with Crippen molar-refractivity contribution in [2.75, 3.05) is 13.1 Å². The molecule has 1 aromatic heterocycles. The van der Waals surface area contributed by atoms with E-state index in [1.54, 1.807) is 29.5 Å². The van der Waals surface area contributed by atoms with E-state index in [0.717, 1.165) is 29.5 Å². The Morgan fingerprint density at radius 1 is 1.18 bits per heavy atom. The highest BCUT2D eigenvalue weighted by Gasteiger charge is 2.34. The molecule has 1 aliphatic rings. The first kappa shape index (κ1) is 20.3. The largest absolute Gasteiger partial charge is 0.354 e. The van der Waals surface area contributed by atoms with Gasteiger partial charge in [-0.05, 0) is 48.2 Å². The predicted molar refractivity (Wildman–Crippen MR) is 109 cm³/mol. The van der Waals surface area contributed by atoms with Gasteiger partial charge in [0, 0.05) is 30.0 Å². The van der Waals surface area contributed by atoms with Gasteiger partial charge < -0.3 is 5.32 Å². The molecule has 1 aromatic carbocycles. The van der Waals surface area contributed by atoms with Crippen molar-refractivity contribution in [1.82, 2.24) is 10.2 Å². The van der Waals surface area contributed by atoms with E-state index < -0.39 is 17.0 Å². The summed E-state index contributed by atoms with van der Waals surface area (Å²) in [6.45, 7) is 0.290. The maximum absolute atomic E-state index is 13.7. The Labute approximate surface area is 170 Å². The third-order valence-corrected chi connectivity index (χ3v) is 5.97. The maximum atomic E-state index is 13.7. The van der Waals surface area contributed by atoms with Gasteiger partial charge in [0.15, 0.2) is 0 Å². The number of benzene rings is 1. The van der Waals surface area contributed by atoms with Crippen LogP contribution in [0.15, 0.2) is 46.7 Å². The molecule has 1 fully saturated rings. The Kier molecular flexibility index (Phi) is 7.00. The molecule has 1 aliphatic heterocycles. The summed E-state index contributed by atoms with van der Waals surface area (Å²) in [5.74, 6) is -1.03. The Balaban J connectivity index is 1.45. The van der Waals surface area contributed by atoms with Crippen molar-refractivity contribution in [3.05, 3.63) is 62.9 Å². The van der Waals surface area contributed by atoms with E-state index in [2.05, 4.69) is 5.32 Å². The Morgan fingerprint density at radius 2 is 2.00 bits per heavy atom. The van der Waals surface area contributed by atoms with Gasteiger partial charge in [-0.1, -0.05) is 24.3 Å². The van der Waals surface area contributed by atoms with E-state index in [-0.39, 0.29) is 29.5 Å². The van der Waals surface area contributed by atoms with Gasteiger partial charge in [-0.25, -0.2) is 4.39 Å². The number of carbonyl (C=O) groups is 3. The lowest BCUT2D eigenvalue weighted by molar-refractivity contribution is -0.124. The predicted octanol–water partition coefficient (Wildman–Crippen LogP) is 4.06. The molecule has 5 nitrogen and oxygen atoms in total. The van der Waals surface area contributed by atoms with Gasteiger partial charge in [-0.15, -0.1) is 11.3 Å². The summed E-state index contributed by atoms with van der Waals surface area (Å²) in [7, 11) is 0. The summed E-state index contributed by atoms with van der Waals surface area (Å²) in [5, 5.41) is 4.32. The first-order valence-corrected chi connectivity index (χ1v) is 10.5. The summed E-state index contributed by atoms with van der Waals surface area (Å²) in [6, 6.07) is 10.1. The fourth-order valence-electron chi connectivity index (χ4n) is 2.70. The van der Waals surface area contributed by atoms with Gasteiger partial charge in [0.2, 0.25) is 5.91 Å². The molecule has 2 heterocycles. The van der Waals surface area contributed by atoms with Crippen LogP contribution in [0, 0.1) is 5.82 Å². The molecule has 3 rings (SSSR count). The van der Waals surface area contributed by atoms with E-state index in [4.69, 9.17) is 0 Å². The number of imide groups is 1. The number of amides is 3. The highest BCUT2D eigenvalue weighted by atomic mass is 32.2. The molecule has 3 amide bonds. The second-order valence-corrected chi connectivity index (χ2v) is 8.16. The van der Waals surface area contributed by atoms with Crippen molar-refractivity contribution in [3.63, 3.8) is 0 Å². The average molecular weight is 419 g/mol. The maximum Gasteiger partial charge on any atom is 0.293 e. The second-order valence-electron chi connectivity index (χ2n) is 6.14. The quantitative estimate of drug-likeness (QED) is 0.657. The Morgan fingerprint density at radius 3 is 2.75 bits per heavy atom. The van der Waals surface area contributed by atoms with E-state index in [1.807, 2.05) is 17.5 Å². The lowest BCUT2D eigenvalue weighted by Gasteiger charge is -2.13. The standard InChI is InChI=1S/C20H19FN2O3S2/c21-16-8-2-1-5-14(16)13-17-19(25)23(20(26)28-17)11-10-22-18(24)9-3-6-15-7-4-12-27-15/h1-2,4-5,7-8,12-13H,3,6,9-11H2,(H,22,24)/b17-13-. The van der Waals surface area contributed by atoms with Crippen LogP contribution < -0.4 is 5.32 Å². The molecule has 0 bridgehead atoms. The van der Waals surface area contributed by atoms with Crippen LogP contribution in [0.25, 0.3) is 6.08 Å². The molecule has 0 aliphatic carbocycles. The van der Waals surface area contributed by atoms with Crippen LogP contribution in [0.3, 0.4) is 0 Å². The minimum Gasteiger partial charge on any atom is -0.354 e. The zero-order chi connectivity index (χ0) is 19.9. The normalized spacial score (nSPS) is 15.5. The molecule has 0 unspecified atom stereocenters. The SMILES string of the molecule is O=C(CCCc1cccs1)NCCN1C(=O)S/C(=C\c2ccccc2F)C1=O.